The van der Waals surface area contributed by atoms with Crippen LogP contribution in [0.25, 0.3) is 0 Å². The van der Waals surface area contributed by atoms with Crippen LogP contribution in [0.3, 0.4) is 0 Å². The molecule has 5 nitrogen and oxygen atoms in total. The summed E-state index contributed by atoms with van der Waals surface area (Å²) in [5.74, 6) is 0.822. The van der Waals surface area contributed by atoms with Crippen LogP contribution in [0.4, 0.5) is 0 Å². The van der Waals surface area contributed by atoms with Gasteiger partial charge in [-0.25, -0.2) is 0 Å². The van der Waals surface area contributed by atoms with Gasteiger partial charge in [0.25, 0.3) is 10.1 Å². The van der Waals surface area contributed by atoms with Crippen LogP contribution in [0.2, 0.25) is 0 Å². The first-order valence-corrected chi connectivity index (χ1v) is 11.9. The van der Waals surface area contributed by atoms with Gasteiger partial charge in [-0.15, -0.1) is 0 Å². The monoisotopic (exact) mass is 420 g/mol. The number of ether oxygens (including phenoxy) is 1. The third-order valence-corrected chi connectivity index (χ3v) is 5.71. The number of unbranched alkanes of at least 4 members (excludes halogenated alkanes) is 8. The molecule has 29 heavy (non-hydrogen) atoms. The van der Waals surface area contributed by atoms with E-state index in [-0.39, 0.29) is 16.4 Å². The number of benzene rings is 2. The van der Waals surface area contributed by atoms with Gasteiger partial charge in [0.2, 0.25) is 0 Å². The van der Waals surface area contributed by atoms with Crippen LogP contribution in [-0.2, 0) is 16.5 Å². The van der Waals surface area contributed by atoms with Crippen LogP contribution >= 0.6 is 0 Å². The highest BCUT2D eigenvalue weighted by Gasteiger charge is 2.11. The lowest BCUT2D eigenvalue weighted by atomic mass is 10.0. The van der Waals surface area contributed by atoms with Crippen molar-refractivity contribution >= 4 is 10.1 Å². The van der Waals surface area contributed by atoms with Crippen molar-refractivity contribution in [3.8, 4) is 17.2 Å². The third-order valence-electron chi connectivity index (χ3n) is 4.86. The minimum absolute atomic E-state index is 0.111. The fourth-order valence-corrected chi connectivity index (χ4v) is 3.84. The van der Waals surface area contributed by atoms with Crippen LogP contribution in [-0.4, -0.2) is 18.1 Å². The van der Waals surface area contributed by atoms with Gasteiger partial charge in [0.1, 0.15) is 17.2 Å². The van der Waals surface area contributed by atoms with E-state index in [4.69, 9.17) is 9.29 Å². The Morgan fingerprint density at radius 1 is 0.828 bits per heavy atom. The molecule has 0 amide bonds. The first kappa shape index (κ1) is 23.2. The van der Waals surface area contributed by atoms with E-state index in [0.29, 0.717) is 5.75 Å². The van der Waals surface area contributed by atoms with Crippen molar-refractivity contribution < 1.29 is 22.8 Å². The zero-order valence-electron chi connectivity index (χ0n) is 17.1. The highest BCUT2D eigenvalue weighted by Crippen LogP contribution is 2.29. The molecule has 2 aromatic carbocycles. The van der Waals surface area contributed by atoms with E-state index < -0.39 is 10.1 Å². The molecule has 6 heteroatoms. The fourth-order valence-electron chi connectivity index (χ4n) is 3.32. The second kappa shape index (κ2) is 11.8. The number of hydrogen-bond donors (Lipinski definition) is 2. The molecule has 0 atom stereocenters. The Bertz CT molecular complexity index is 861. The molecule has 0 unspecified atom stereocenters. The van der Waals surface area contributed by atoms with Gasteiger partial charge in [0.15, 0.2) is 0 Å². The SMILES string of the molecule is CCCCCCCCCCCc1cc(O)cc(Oc2cccc(S(=O)(=O)O)c2)c1. The van der Waals surface area contributed by atoms with Gasteiger partial charge in [-0.05, 0) is 42.7 Å². The summed E-state index contributed by atoms with van der Waals surface area (Å²) in [5.41, 5.74) is 0.980. The minimum atomic E-state index is -4.29. The zero-order chi connectivity index (χ0) is 21.1. The van der Waals surface area contributed by atoms with Gasteiger partial charge >= 0.3 is 0 Å². The van der Waals surface area contributed by atoms with Gasteiger partial charge in [-0.2, -0.15) is 8.42 Å². The number of rotatable bonds is 13. The lowest BCUT2D eigenvalue weighted by Crippen LogP contribution is -1.98. The van der Waals surface area contributed by atoms with Crippen LogP contribution in [0.1, 0.15) is 70.3 Å². The lowest BCUT2D eigenvalue weighted by molar-refractivity contribution is 0.451. The predicted octanol–water partition coefficient (Wildman–Crippen LogP) is 6.50. The maximum atomic E-state index is 11.3. The highest BCUT2D eigenvalue weighted by molar-refractivity contribution is 7.85. The largest absolute Gasteiger partial charge is 0.508 e. The van der Waals surface area contributed by atoms with Crippen LogP contribution < -0.4 is 4.74 Å². The smallest absolute Gasteiger partial charge is 0.294 e. The van der Waals surface area contributed by atoms with Crippen molar-refractivity contribution in [1.82, 2.24) is 0 Å². The molecule has 0 aromatic heterocycles. The van der Waals surface area contributed by atoms with E-state index in [9.17, 15) is 13.5 Å². The van der Waals surface area contributed by atoms with E-state index in [0.717, 1.165) is 24.8 Å². The van der Waals surface area contributed by atoms with Crippen LogP contribution in [0.15, 0.2) is 47.4 Å². The van der Waals surface area contributed by atoms with E-state index >= 15 is 0 Å². The topological polar surface area (TPSA) is 83.8 Å². The van der Waals surface area contributed by atoms with E-state index in [2.05, 4.69) is 6.92 Å². The maximum Gasteiger partial charge on any atom is 0.294 e. The van der Waals surface area contributed by atoms with E-state index in [1.165, 1.54) is 69.2 Å². The summed E-state index contributed by atoms with van der Waals surface area (Å²) in [6, 6.07) is 10.7. The molecule has 0 spiro atoms. The summed E-state index contributed by atoms with van der Waals surface area (Å²) in [5, 5.41) is 9.98. The minimum Gasteiger partial charge on any atom is -0.508 e. The summed E-state index contributed by atoms with van der Waals surface area (Å²) in [6.45, 7) is 2.23. The van der Waals surface area contributed by atoms with Crippen LogP contribution in [0, 0.1) is 0 Å². The van der Waals surface area contributed by atoms with Crippen molar-refractivity contribution in [1.29, 1.82) is 0 Å². The van der Waals surface area contributed by atoms with Gasteiger partial charge in [0.05, 0.1) is 4.90 Å². The zero-order valence-corrected chi connectivity index (χ0v) is 18.0. The normalized spacial score (nSPS) is 11.5. The number of aryl methyl sites for hydroxylation is 1. The van der Waals surface area contributed by atoms with Crippen molar-refractivity contribution in [3.05, 3.63) is 48.0 Å². The quantitative estimate of drug-likeness (QED) is 0.285. The number of phenols is 1. The van der Waals surface area contributed by atoms with Crippen molar-refractivity contribution in [2.75, 3.05) is 0 Å². The van der Waals surface area contributed by atoms with Gasteiger partial charge in [-0.1, -0.05) is 64.4 Å². The van der Waals surface area contributed by atoms with Gasteiger partial charge in [-0.3, -0.25) is 4.55 Å². The molecule has 0 bridgehead atoms. The van der Waals surface area contributed by atoms with E-state index in [1.54, 1.807) is 12.1 Å². The van der Waals surface area contributed by atoms with Crippen molar-refractivity contribution in [2.45, 2.75) is 76.0 Å². The first-order valence-electron chi connectivity index (χ1n) is 10.5. The second-order valence-corrected chi connectivity index (χ2v) is 8.89. The van der Waals surface area contributed by atoms with Crippen molar-refractivity contribution in [3.63, 3.8) is 0 Å². The molecule has 0 fully saturated rings. The molecule has 0 saturated carbocycles. The second-order valence-electron chi connectivity index (χ2n) is 7.47. The molecule has 2 rings (SSSR count). The summed E-state index contributed by atoms with van der Waals surface area (Å²) < 4.78 is 37.4. The van der Waals surface area contributed by atoms with Gasteiger partial charge < -0.3 is 9.84 Å². The molecule has 160 valence electrons. The molecular weight excluding hydrogens is 388 g/mol. The summed E-state index contributed by atoms with van der Waals surface area (Å²) in [7, 11) is -4.29. The Hall–Kier alpha value is -2.05. The average Bonchev–Trinajstić information content (AvgIpc) is 2.66. The van der Waals surface area contributed by atoms with E-state index in [1.807, 2.05) is 6.07 Å². The number of phenolic OH excluding ortho intramolecular Hbond substituents is 1. The molecule has 2 aromatic rings. The number of hydrogen-bond acceptors (Lipinski definition) is 4. The standard InChI is InChI=1S/C23H32O5S/c1-2-3-4-5-6-7-8-9-10-12-19-15-20(24)17-22(16-19)28-21-13-11-14-23(18-21)29(25,26)27/h11,13-18,24H,2-10,12H2,1H3,(H,25,26,27). The molecule has 2 N–H and O–H groups in total. The average molecular weight is 421 g/mol. The fraction of sp³-hybridized carbons (Fsp3) is 0.478. The predicted molar refractivity (Wildman–Crippen MR) is 115 cm³/mol. The molecule has 0 saturated heterocycles. The molecule has 0 aliphatic carbocycles. The Balaban J connectivity index is 1.84. The highest BCUT2D eigenvalue weighted by atomic mass is 32.2. The molecular formula is C23H32O5S. The number of aromatic hydroxyl groups is 1. The first-order chi connectivity index (χ1) is 13.9. The lowest BCUT2D eigenvalue weighted by Gasteiger charge is -2.10. The Labute approximate surface area is 174 Å². The van der Waals surface area contributed by atoms with Gasteiger partial charge in [0, 0.05) is 12.1 Å². The Kier molecular flexibility index (Phi) is 9.48. The van der Waals surface area contributed by atoms with Crippen LogP contribution in [0.5, 0.6) is 17.2 Å². The Morgan fingerprint density at radius 2 is 1.48 bits per heavy atom. The summed E-state index contributed by atoms with van der Waals surface area (Å²) >= 11 is 0. The summed E-state index contributed by atoms with van der Waals surface area (Å²) in [6.07, 6.45) is 12.2. The molecule has 0 aliphatic heterocycles. The summed E-state index contributed by atoms with van der Waals surface area (Å²) in [4.78, 5) is -0.231. The molecule has 0 aliphatic rings. The van der Waals surface area contributed by atoms with Crippen molar-refractivity contribution in [2.24, 2.45) is 0 Å². The molecule has 0 heterocycles. The maximum absolute atomic E-state index is 11.3. The molecule has 0 radical (unpaired) electrons. The third kappa shape index (κ3) is 8.88. The Morgan fingerprint density at radius 3 is 2.14 bits per heavy atom.